The van der Waals surface area contributed by atoms with Crippen LogP contribution in [0.2, 0.25) is 10.0 Å². The van der Waals surface area contributed by atoms with Gasteiger partial charge in [-0.1, -0.05) is 23.2 Å². The van der Waals surface area contributed by atoms with Crippen LogP contribution < -0.4 is 4.74 Å². The zero-order valence-electron chi connectivity index (χ0n) is 6.05. The van der Waals surface area contributed by atoms with Crippen molar-refractivity contribution in [1.82, 2.24) is 0 Å². The standard InChI is InChI=1S/C8H5Cl2NO/c9-6-3-7(10)5-8(4-6)12-2-1-11/h3-5H,2H2. The highest BCUT2D eigenvalue weighted by Gasteiger charge is 1.97. The predicted molar refractivity (Wildman–Crippen MR) is 47.6 cm³/mol. The smallest absolute Gasteiger partial charge is 0.174 e. The van der Waals surface area contributed by atoms with Gasteiger partial charge in [-0.3, -0.25) is 0 Å². The first-order chi connectivity index (χ1) is 5.72. The lowest BCUT2D eigenvalue weighted by Crippen LogP contribution is -1.92. The summed E-state index contributed by atoms with van der Waals surface area (Å²) in [4.78, 5) is 0. The van der Waals surface area contributed by atoms with Crippen LogP contribution >= 0.6 is 23.2 Å². The summed E-state index contributed by atoms with van der Waals surface area (Å²) in [7, 11) is 0. The Morgan fingerprint density at radius 1 is 1.25 bits per heavy atom. The van der Waals surface area contributed by atoms with Crippen molar-refractivity contribution >= 4 is 23.2 Å². The molecule has 0 aliphatic rings. The predicted octanol–water partition coefficient (Wildman–Crippen LogP) is 2.90. The Hall–Kier alpha value is -0.910. The van der Waals surface area contributed by atoms with Gasteiger partial charge in [0.2, 0.25) is 0 Å². The number of ether oxygens (including phenoxy) is 1. The molecule has 0 fully saturated rings. The monoisotopic (exact) mass is 201 g/mol. The molecule has 1 aromatic carbocycles. The molecule has 1 rings (SSSR count). The van der Waals surface area contributed by atoms with E-state index in [1.165, 1.54) is 0 Å². The van der Waals surface area contributed by atoms with Gasteiger partial charge in [-0.2, -0.15) is 5.26 Å². The maximum Gasteiger partial charge on any atom is 0.174 e. The van der Waals surface area contributed by atoms with Gasteiger partial charge >= 0.3 is 0 Å². The molecular weight excluding hydrogens is 197 g/mol. The molecule has 0 heterocycles. The van der Waals surface area contributed by atoms with Crippen molar-refractivity contribution in [3.05, 3.63) is 28.2 Å². The highest BCUT2D eigenvalue weighted by molar-refractivity contribution is 6.34. The molecule has 0 bridgehead atoms. The van der Waals surface area contributed by atoms with Crippen LogP contribution in [0, 0.1) is 11.3 Å². The van der Waals surface area contributed by atoms with Gasteiger partial charge in [-0.25, -0.2) is 0 Å². The average molecular weight is 202 g/mol. The summed E-state index contributed by atoms with van der Waals surface area (Å²) in [6.45, 7) is -0.00330. The summed E-state index contributed by atoms with van der Waals surface area (Å²) in [5.74, 6) is 0.508. The maximum atomic E-state index is 8.23. The highest BCUT2D eigenvalue weighted by atomic mass is 35.5. The molecule has 12 heavy (non-hydrogen) atoms. The first-order valence-electron chi connectivity index (χ1n) is 3.18. The van der Waals surface area contributed by atoms with E-state index in [9.17, 15) is 0 Å². The number of halogens is 2. The lowest BCUT2D eigenvalue weighted by molar-refractivity contribution is 0.368. The van der Waals surface area contributed by atoms with Crippen LogP contribution in [0.1, 0.15) is 0 Å². The van der Waals surface area contributed by atoms with E-state index in [-0.39, 0.29) is 6.61 Å². The molecular formula is C8H5Cl2NO. The van der Waals surface area contributed by atoms with Crippen LogP contribution in [-0.2, 0) is 0 Å². The SMILES string of the molecule is N#CCOc1cc(Cl)cc(Cl)c1. The van der Waals surface area contributed by atoms with E-state index in [4.69, 9.17) is 33.2 Å². The molecule has 4 heteroatoms. The minimum atomic E-state index is -0.00330. The summed E-state index contributed by atoms with van der Waals surface area (Å²) in [6, 6.07) is 6.65. The van der Waals surface area contributed by atoms with E-state index in [2.05, 4.69) is 0 Å². The molecule has 0 radical (unpaired) electrons. The molecule has 0 spiro atoms. The third-order valence-electron chi connectivity index (χ3n) is 1.14. The molecule has 0 amide bonds. The fraction of sp³-hybridized carbons (Fsp3) is 0.125. The highest BCUT2D eigenvalue weighted by Crippen LogP contribution is 2.23. The van der Waals surface area contributed by atoms with E-state index in [1.807, 2.05) is 6.07 Å². The fourth-order valence-corrected chi connectivity index (χ4v) is 1.23. The number of nitriles is 1. The Morgan fingerprint density at radius 3 is 2.33 bits per heavy atom. The Balaban J connectivity index is 2.80. The van der Waals surface area contributed by atoms with Gasteiger partial charge in [0.25, 0.3) is 0 Å². The molecule has 0 atom stereocenters. The quantitative estimate of drug-likeness (QED) is 0.738. The third kappa shape index (κ3) is 2.61. The van der Waals surface area contributed by atoms with Crippen molar-refractivity contribution in [3.8, 4) is 11.8 Å². The number of hydrogen-bond acceptors (Lipinski definition) is 2. The minimum absolute atomic E-state index is 0.00330. The van der Waals surface area contributed by atoms with Crippen molar-refractivity contribution in [1.29, 1.82) is 5.26 Å². The molecule has 0 unspecified atom stereocenters. The van der Waals surface area contributed by atoms with Crippen molar-refractivity contribution < 1.29 is 4.74 Å². The normalized spacial score (nSPS) is 9.08. The number of rotatable bonds is 2. The Morgan fingerprint density at radius 2 is 1.83 bits per heavy atom. The maximum absolute atomic E-state index is 8.23. The van der Waals surface area contributed by atoms with Crippen LogP contribution in [0.4, 0.5) is 0 Å². The fourth-order valence-electron chi connectivity index (χ4n) is 0.727. The number of nitrogens with zero attached hydrogens (tertiary/aromatic N) is 1. The second-order valence-electron chi connectivity index (χ2n) is 2.05. The van der Waals surface area contributed by atoms with Gasteiger partial charge in [0.05, 0.1) is 0 Å². The van der Waals surface area contributed by atoms with E-state index < -0.39 is 0 Å². The zero-order valence-corrected chi connectivity index (χ0v) is 7.56. The van der Waals surface area contributed by atoms with Crippen LogP contribution in [0.5, 0.6) is 5.75 Å². The molecule has 0 aliphatic heterocycles. The summed E-state index contributed by atoms with van der Waals surface area (Å²) >= 11 is 11.4. The average Bonchev–Trinajstić information content (AvgIpc) is 1.99. The lowest BCUT2D eigenvalue weighted by Gasteiger charge is -2.01. The third-order valence-corrected chi connectivity index (χ3v) is 1.58. The van der Waals surface area contributed by atoms with Crippen molar-refractivity contribution in [2.75, 3.05) is 6.61 Å². The zero-order chi connectivity index (χ0) is 8.97. The van der Waals surface area contributed by atoms with Gasteiger partial charge in [-0.15, -0.1) is 0 Å². The molecule has 0 saturated carbocycles. The van der Waals surface area contributed by atoms with Gasteiger partial charge in [0.15, 0.2) is 6.61 Å². The Labute approximate surface area is 80.3 Å². The van der Waals surface area contributed by atoms with Crippen LogP contribution in [0.3, 0.4) is 0 Å². The summed E-state index contributed by atoms with van der Waals surface area (Å²) < 4.78 is 4.99. The van der Waals surface area contributed by atoms with Crippen molar-refractivity contribution in [2.45, 2.75) is 0 Å². The van der Waals surface area contributed by atoms with Gasteiger partial charge in [0, 0.05) is 10.0 Å². The Bertz CT molecular complexity index is 299. The van der Waals surface area contributed by atoms with E-state index in [0.717, 1.165) is 0 Å². The van der Waals surface area contributed by atoms with E-state index in [0.29, 0.717) is 15.8 Å². The largest absolute Gasteiger partial charge is 0.479 e. The van der Waals surface area contributed by atoms with Gasteiger partial charge in [-0.05, 0) is 18.2 Å². The van der Waals surface area contributed by atoms with Crippen molar-refractivity contribution in [3.63, 3.8) is 0 Å². The van der Waals surface area contributed by atoms with Crippen molar-refractivity contribution in [2.24, 2.45) is 0 Å². The molecule has 0 N–H and O–H groups in total. The summed E-state index contributed by atoms with van der Waals surface area (Å²) in [6.07, 6.45) is 0. The Kier molecular flexibility index (Phi) is 3.21. The van der Waals surface area contributed by atoms with E-state index >= 15 is 0 Å². The van der Waals surface area contributed by atoms with Crippen LogP contribution in [0.15, 0.2) is 18.2 Å². The molecule has 0 saturated heterocycles. The summed E-state index contributed by atoms with van der Waals surface area (Å²) in [5.41, 5.74) is 0. The summed E-state index contributed by atoms with van der Waals surface area (Å²) in [5, 5.41) is 9.22. The molecule has 62 valence electrons. The second-order valence-corrected chi connectivity index (χ2v) is 2.92. The van der Waals surface area contributed by atoms with E-state index in [1.54, 1.807) is 18.2 Å². The van der Waals surface area contributed by atoms with Gasteiger partial charge in [0.1, 0.15) is 11.8 Å². The first-order valence-corrected chi connectivity index (χ1v) is 3.94. The topological polar surface area (TPSA) is 33.0 Å². The lowest BCUT2D eigenvalue weighted by atomic mass is 10.3. The number of benzene rings is 1. The minimum Gasteiger partial charge on any atom is -0.479 e. The van der Waals surface area contributed by atoms with Crippen LogP contribution in [-0.4, -0.2) is 6.61 Å². The second kappa shape index (κ2) is 4.20. The van der Waals surface area contributed by atoms with Gasteiger partial charge < -0.3 is 4.74 Å². The first kappa shape index (κ1) is 9.18. The number of hydrogen-bond donors (Lipinski definition) is 0. The molecule has 1 aromatic rings. The molecule has 0 aromatic heterocycles. The molecule has 0 aliphatic carbocycles. The van der Waals surface area contributed by atoms with Crippen LogP contribution in [0.25, 0.3) is 0 Å². The molecule has 2 nitrogen and oxygen atoms in total.